The molecule has 1 saturated carbocycles. The van der Waals surface area contributed by atoms with Crippen molar-refractivity contribution in [1.82, 2.24) is 10.2 Å². The molecule has 2 rings (SSSR count). The molecule has 0 saturated heterocycles. The van der Waals surface area contributed by atoms with Crippen LogP contribution in [-0.2, 0) is 6.54 Å². The summed E-state index contributed by atoms with van der Waals surface area (Å²) in [6, 6.07) is 0. The van der Waals surface area contributed by atoms with Gasteiger partial charge in [0.15, 0.2) is 5.82 Å². The maximum atomic E-state index is 5.84. The van der Waals surface area contributed by atoms with Crippen molar-refractivity contribution in [2.24, 2.45) is 17.6 Å². The third-order valence-electron chi connectivity index (χ3n) is 3.91. The molecular formula is C13H22N4. The fourth-order valence-electron chi connectivity index (χ4n) is 2.29. The minimum Gasteiger partial charge on any atom is -0.358 e. The molecule has 1 aliphatic rings. The topological polar surface area (TPSA) is 55.0 Å². The van der Waals surface area contributed by atoms with Crippen LogP contribution < -0.4 is 10.6 Å². The molecular weight excluding hydrogens is 212 g/mol. The molecule has 94 valence electrons. The predicted molar refractivity (Wildman–Crippen MR) is 69.9 cm³/mol. The third-order valence-corrected chi connectivity index (χ3v) is 3.91. The third kappa shape index (κ3) is 2.41. The Morgan fingerprint density at radius 1 is 1.35 bits per heavy atom. The van der Waals surface area contributed by atoms with Crippen molar-refractivity contribution in [2.45, 2.75) is 33.7 Å². The Hall–Kier alpha value is -1.16. The van der Waals surface area contributed by atoms with Gasteiger partial charge in [0.25, 0.3) is 0 Å². The van der Waals surface area contributed by atoms with Gasteiger partial charge in [-0.3, -0.25) is 0 Å². The molecule has 4 nitrogen and oxygen atoms in total. The van der Waals surface area contributed by atoms with E-state index in [1.165, 1.54) is 12.0 Å². The monoisotopic (exact) mass is 234 g/mol. The van der Waals surface area contributed by atoms with Crippen molar-refractivity contribution >= 4 is 5.82 Å². The Bertz CT molecular complexity index is 416. The Balaban J connectivity index is 2.21. The highest BCUT2D eigenvalue weighted by molar-refractivity contribution is 5.50. The second kappa shape index (κ2) is 4.61. The summed E-state index contributed by atoms with van der Waals surface area (Å²) in [6.45, 7) is 7.94. The summed E-state index contributed by atoms with van der Waals surface area (Å²) < 4.78 is 0. The Kier molecular flexibility index (Phi) is 3.33. The number of anilines is 1. The van der Waals surface area contributed by atoms with E-state index in [4.69, 9.17) is 5.73 Å². The molecule has 2 unspecified atom stereocenters. The van der Waals surface area contributed by atoms with Gasteiger partial charge in [0.1, 0.15) is 0 Å². The zero-order valence-electron chi connectivity index (χ0n) is 11.2. The second-order valence-corrected chi connectivity index (χ2v) is 5.27. The minimum atomic E-state index is 0.530. The highest BCUT2D eigenvalue weighted by Gasteiger charge is 2.33. The first kappa shape index (κ1) is 12.3. The first-order valence-electron chi connectivity index (χ1n) is 6.28. The fourth-order valence-corrected chi connectivity index (χ4v) is 2.29. The Morgan fingerprint density at radius 3 is 2.53 bits per heavy atom. The number of hydrogen-bond donors (Lipinski definition) is 1. The summed E-state index contributed by atoms with van der Waals surface area (Å²) in [4.78, 5) is 2.20. The molecule has 0 amide bonds. The van der Waals surface area contributed by atoms with Gasteiger partial charge in [-0.25, -0.2) is 0 Å². The van der Waals surface area contributed by atoms with Crippen molar-refractivity contribution in [3.05, 3.63) is 16.8 Å². The molecule has 1 aromatic rings. The average molecular weight is 234 g/mol. The number of nitrogens with zero attached hydrogens (tertiary/aromatic N) is 3. The van der Waals surface area contributed by atoms with E-state index in [1.54, 1.807) is 0 Å². The van der Waals surface area contributed by atoms with Crippen LogP contribution in [0.25, 0.3) is 0 Å². The van der Waals surface area contributed by atoms with Gasteiger partial charge in [0.05, 0.1) is 5.69 Å². The molecule has 2 atom stereocenters. The molecule has 1 fully saturated rings. The van der Waals surface area contributed by atoms with Crippen LogP contribution in [0, 0.1) is 25.7 Å². The predicted octanol–water partition coefficient (Wildman–Crippen LogP) is 1.64. The molecule has 0 bridgehead atoms. The molecule has 2 N–H and O–H groups in total. The van der Waals surface area contributed by atoms with Crippen LogP contribution in [0.1, 0.15) is 30.2 Å². The van der Waals surface area contributed by atoms with Gasteiger partial charge in [-0.2, -0.15) is 5.10 Å². The number of aryl methyl sites for hydroxylation is 1. The van der Waals surface area contributed by atoms with Gasteiger partial charge in [0.2, 0.25) is 0 Å². The van der Waals surface area contributed by atoms with Crippen LogP contribution in [0.4, 0.5) is 5.82 Å². The van der Waals surface area contributed by atoms with Gasteiger partial charge in [-0.1, -0.05) is 6.92 Å². The fraction of sp³-hybridized carbons (Fsp3) is 0.692. The van der Waals surface area contributed by atoms with E-state index in [-0.39, 0.29) is 0 Å². The van der Waals surface area contributed by atoms with E-state index >= 15 is 0 Å². The highest BCUT2D eigenvalue weighted by Crippen LogP contribution is 2.38. The van der Waals surface area contributed by atoms with Gasteiger partial charge in [-0.05, 0) is 37.7 Å². The van der Waals surface area contributed by atoms with Crippen LogP contribution in [0.15, 0.2) is 0 Å². The van der Waals surface area contributed by atoms with Crippen molar-refractivity contribution in [1.29, 1.82) is 0 Å². The van der Waals surface area contributed by atoms with E-state index in [1.807, 2.05) is 6.92 Å². The van der Waals surface area contributed by atoms with Crippen molar-refractivity contribution < 1.29 is 0 Å². The Morgan fingerprint density at radius 2 is 2.00 bits per heavy atom. The lowest BCUT2D eigenvalue weighted by Gasteiger charge is -2.21. The van der Waals surface area contributed by atoms with Crippen LogP contribution >= 0.6 is 0 Å². The Labute approximate surface area is 103 Å². The highest BCUT2D eigenvalue weighted by atomic mass is 15.3. The summed E-state index contributed by atoms with van der Waals surface area (Å²) in [7, 11) is 2.09. The first-order chi connectivity index (χ1) is 8.04. The normalized spacial score (nSPS) is 22.6. The summed E-state index contributed by atoms with van der Waals surface area (Å²) in [5.41, 5.74) is 9.12. The van der Waals surface area contributed by atoms with Crippen molar-refractivity contribution in [3.63, 3.8) is 0 Å². The zero-order valence-corrected chi connectivity index (χ0v) is 11.2. The summed E-state index contributed by atoms with van der Waals surface area (Å²) in [6.07, 6.45) is 1.33. The SMILES string of the molecule is Cc1nnc(N(C)CC2CC2C)c(CN)c1C. The van der Waals surface area contributed by atoms with E-state index in [9.17, 15) is 0 Å². The maximum absolute atomic E-state index is 5.84. The quantitative estimate of drug-likeness (QED) is 0.860. The lowest BCUT2D eigenvalue weighted by molar-refractivity contribution is 0.708. The molecule has 1 heterocycles. The van der Waals surface area contributed by atoms with Crippen LogP contribution in [0.3, 0.4) is 0 Å². The number of nitrogens with two attached hydrogens (primary N) is 1. The molecule has 0 aromatic carbocycles. The number of rotatable bonds is 4. The summed E-state index contributed by atoms with van der Waals surface area (Å²) in [5, 5.41) is 8.52. The smallest absolute Gasteiger partial charge is 0.155 e. The summed E-state index contributed by atoms with van der Waals surface area (Å²) in [5.74, 6) is 2.63. The van der Waals surface area contributed by atoms with E-state index in [0.717, 1.165) is 35.5 Å². The van der Waals surface area contributed by atoms with Crippen LogP contribution in [0.2, 0.25) is 0 Å². The van der Waals surface area contributed by atoms with Gasteiger partial charge >= 0.3 is 0 Å². The van der Waals surface area contributed by atoms with Gasteiger partial charge in [0, 0.05) is 25.7 Å². The summed E-state index contributed by atoms with van der Waals surface area (Å²) >= 11 is 0. The maximum Gasteiger partial charge on any atom is 0.155 e. The van der Waals surface area contributed by atoms with Crippen molar-refractivity contribution in [3.8, 4) is 0 Å². The van der Waals surface area contributed by atoms with E-state index in [0.29, 0.717) is 6.54 Å². The lowest BCUT2D eigenvalue weighted by atomic mass is 10.1. The standard InChI is InChI=1S/C13H22N4/c1-8-5-11(8)7-17(4)13-12(6-14)9(2)10(3)15-16-13/h8,11H,5-7,14H2,1-4H3. The molecule has 0 radical (unpaired) electrons. The number of hydrogen-bond acceptors (Lipinski definition) is 4. The lowest BCUT2D eigenvalue weighted by Crippen LogP contribution is -2.25. The molecule has 0 aliphatic heterocycles. The van der Waals surface area contributed by atoms with Crippen LogP contribution in [-0.4, -0.2) is 23.8 Å². The largest absolute Gasteiger partial charge is 0.358 e. The molecule has 17 heavy (non-hydrogen) atoms. The number of aromatic nitrogens is 2. The zero-order chi connectivity index (χ0) is 12.6. The van der Waals surface area contributed by atoms with E-state index in [2.05, 4.69) is 36.0 Å². The van der Waals surface area contributed by atoms with E-state index < -0.39 is 0 Å². The molecule has 4 heteroatoms. The van der Waals surface area contributed by atoms with Crippen molar-refractivity contribution in [2.75, 3.05) is 18.5 Å². The second-order valence-electron chi connectivity index (χ2n) is 5.27. The molecule has 1 aliphatic carbocycles. The van der Waals surface area contributed by atoms with Gasteiger partial charge in [-0.15, -0.1) is 5.10 Å². The molecule has 0 spiro atoms. The van der Waals surface area contributed by atoms with Gasteiger partial charge < -0.3 is 10.6 Å². The minimum absolute atomic E-state index is 0.530. The first-order valence-corrected chi connectivity index (χ1v) is 6.28. The average Bonchev–Trinajstić information content (AvgIpc) is 2.97. The van der Waals surface area contributed by atoms with Crippen LogP contribution in [0.5, 0.6) is 0 Å². The molecule has 1 aromatic heterocycles.